The van der Waals surface area contributed by atoms with E-state index in [0.717, 1.165) is 15.8 Å². The summed E-state index contributed by atoms with van der Waals surface area (Å²) in [5, 5.41) is 0. The molecule has 0 unspecified atom stereocenters. The van der Waals surface area contributed by atoms with Gasteiger partial charge in [0, 0.05) is 11.2 Å². The summed E-state index contributed by atoms with van der Waals surface area (Å²) in [6, 6.07) is 5.50. The van der Waals surface area contributed by atoms with Crippen LogP contribution >= 0.6 is 27.5 Å². The summed E-state index contributed by atoms with van der Waals surface area (Å²) in [5.41, 5.74) is 8.81. The molecule has 1 aromatic carbocycles. The quantitative estimate of drug-likeness (QED) is 0.857. The van der Waals surface area contributed by atoms with Crippen LogP contribution in [0.25, 0.3) is 0 Å². The Kier molecular flexibility index (Phi) is 4.29. The number of anilines is 1. The molecule has 4 heteroatoms. The van der Waals surface area contributed by atoms with E-state index in [4.69, 9.17) is 22.1 Å². The van der Waals surface area contributed by atoms with Gasteiger partial charge in [0.2, 0.25) is 0 Å². The number of hydrogen-bond donors (Lipinski definition) is 1. The van der Waals surface area contributed by atoms with E-state index in [1.54, 1.807) is 6.07 Å². The molecule has 0 spiro atoms. The van der Waals surface area contributed by atoms with Crippen LogP contribution < -0.4 is 10.5 Å². The normalized spacial score (nSPS) is 11.5. The number of hydrogen-bond acceptors (Lipinski definition) is 2. The van der Waals surface area contributed by atoms with Crippen LogP contribution in [0.2, 0.25) is 0 Å². The molecule has 0 atom stereocenters. The Hall–Kier alpha value is -0.670. The first-order chi connectivity index (χ1) is 6.65. The topological polar surface area (TPSA) is 35.2 Å². The molecule has 0 saturated heterocycles. The molecule has 0 aliphatic heterocycles. The first-order valence-electron chi connectivity index (χ1n) is 4.07. The van der Waals surface area contributed by atoms with Crippen molar-refractivity contribution < 1.29 is 4.74 Å². The van der Waals surface area contributed by atoms with E-state index in [0.29, 0.717) is 12.3 Å². The molecule has 0 amide bonds. The number of benzene rings is 1. The summed E-state index contributed by atoms with van der Waals surface area (Å²) in [6.45, 7) is 2.36. The summed E-state index contributed by atoms with van der Waals surface area (Å²) in [5.74, 6) is 0.725. The zero-order chi connectivity index (χ0) is 10.6. The van der Waals surface area contributed by atoms with Crippen LogP contribution in [0, 0.1) is 0 Å². The highest BCUT2D eigenvalue weighted by Crippen LogP contribution is 2.30. The maximum absolute atomic E-state index is 5.69. The second-order valence-corrected chi connectivity index (χ2v) is 3.91. The third-order valence-corrected chi connectivity index (χ3v) is 2.86. The smallest absolute Gasteiger partial charge is 0.136 e. The van der Waals surface area contributed by atoms with Crippen LogP contribution in [0.3, 0.4) is 0 Å². The molecular formula is C10H11BrClNO. The molecule has 76 valence electrons. The van der Waals surface area contributed by atoms with Gasteiger partial charge in [0.25, 0.3) is 0 Å². The van der Waals surface area contributed by atoms with E-state index in [1.807, 2.05) is 19.1 Å². The zero-order valence-electron chi connectivity index (χ0n) is 7.76. The van der Waals surface area contributed by atoms with E-state index in [-0.39, 0.29) is 0 Å². The Balaban J connectivity index is 2.73. The van der Waals surface area contributed by atoms with Crippen LogP contribution in [-0.4, -0.2) is 6.61 Å². The first kappa shape index (κ1) is 11.4. The van der Waals surface area contributed by atoms with Gasteiger partial charge in [-0.2, -0.15) is 0 Å². The molecule has 0 bridgehead atoms. The average Bonchev–Trinajstić information content (AvgIpc) is 2.20. The minimum atomic E-state index is 0.464. The lowest BCUT2D eigenvalue weighted by molar-refractivity contribution is 0.350. The molecule has 2 N–H and O–H groups in total. The minimum Gasteiger partial charge on any atom is -0.488 e. The van der Waals surface area contributed by atoms with Crippen molar-refractivity contribution in [2.75, 3.05) is 12.3 Å². The lowest BCUT2D eigenvalue weighted by atomic mass is 10.3. The Morgan fingerprint density at radius 3 is 3.00 bits per heavy atom. The van der Waals surface area contributed by atoms with E-state index in [2.05, 4.69) is 15.9 Å². The lowest BCUT2D eigenvalue weighted by Crippen LogP contribution is -1.99. The molecule has 0 aliphatic rings. The van der Waals surface area contributed by atoms with Crippen LogP contribution in [-0.2, 0) is 0 Å². The SMILES string of the molecule is C/C(=C/Cl)COc1cccc(N)c1Br. The fraction of sp³-hybridized carbons (Fsp3) is 0.200. The fourth-order valence-corrected chi connectivity index (χ4v) is 1.30. The van der Waals surface area contributed by atoms with Crippen molar-refractivity contribution in [3.05, 3.63) is 33.8 Å². The Morgan fingerprint density at radius 1 is 1.64 bits per heavy atom. The summed E-state index contributed by atoms with van der Waals surface area (Å²) >= 11 is 8.86. The first-order valence-corrected chi connectivity index (χ1v) is 5.30. The van der Waals surface area contributed by atoms with Crippen LogP contribution in [0.4, 0.5) is 5.69 Å². The molecule has 0 aliphatic carbocycles. The van der Waals surface area contributed by atoms with Gasteiger partial charge in [-0.15, -0.1) is 0 Å². The summed E-state index contributed by atoms with van der Waals surface area (Å²) in [4.78, 5) is 0. The highest BCUT2D eigenvalue weighted by molar-refractivity contribution is 9.10. The Morgan fingerprint density at radius 2 is 2.36 bits per heavy atom. The van der Waals surface area contributed by atoms with Crippen molar-refractivity contribution in [3.8, 4) is 5.75 Å². The minimum absolute atomic E-state index is 0.464. The summed E-state index contributed by atoms with van der Waals surface area (Å²) < 4.78 is 6.27. The van der Waals surface area contributed by atoms with Crippen molar-refractivity contribution in [1.29, 1.82) is 0 Å². The number of ether oxygens (including phenoxy) is 1. The molecular weight excluding hydrogens is 265 g/mol. The predicted molar refractivity (Wildman–Crippen MR) is 63.7 cm³/mol. The standard InChI is InChI=1S/C10H11BrClNO/c1-7(5-12)6-14-9-4-2-3-8(13)10(9)11/h2-5H,6,13H2,1H3/b7-5-. The monoisotopic (exact) mass is 275 g/mol. The van der Waals surface area contributed by atoms with Crippen molar-refractivity contribution in [1.82, 2.24) is 0 Å². The highest BCUT2D eigenvalue weighted by atomic mass is 79.9. The number of halogens is 2. The second-order valence-electron chi connectivity index (χ2n) is 2.90. The molecule has 1 rings (SSSR count). The van der Waals surface area contributed by atoms with E-state index in [1.165, 1.54) is 5.54 Å². The maximum atomic E-state index is 5.69. The molecule has 0 saturated carbocycles. The van der Waals surface area contributed by atoms with Crippen molar-refractivity contribution in [2.24, 2.45) is 0 Å². The van der Waals surface area contributed by atoms with Crippen molar-refractivity contribution in [3.63, 3.8) is 0 Å². The third-order valence-electron chi connectivity index (χ3n) is 1.63. The van der Waals surface area contributed by atoms with Gasteiger partial charge < -0.3 is 10.5 Å². The molecule has 0 fully saturated rings. The number of nitrogen functional groups attached to an aromatic ring is 1. The fourth-order valence-electron chi connectivity index (χ4n) is 0.862. The van der Waals surface area contributed by atoms with Crippen molar-refractivity contribution in [2.45, 2.75) is 6.92 Å². The molecule has 14 heavy (non-hydrogen) atoms. The molecule has 0 aromatic heterocycles. The Labute approximate surface area is 96.8 Å². The second kappa shape index (κ2) is 5.27. The van der Waals surface area contributed by atoms with Gasteiger partial charge in [-0.1, -0.05) is 17.7 Å². The van der Waals surface area contributed by atoms with Gasteiger partial charge >= 0.3 is 0 Å². The van der Waals surface area contributed by atoms with E-state index < -0.39 is 0 Å². The summed E-state index contributed by atoms with van der Waals surface area (Å²) in [7, 11) is 0. The van der Waals surface area contributed by atoms with Crippen LogP contribution in [0.1, 0.15) is 6.92 Å². The molecule has 2 nitrogen and oxygen atoms in total. The van der Waals surface area contributed by atoms with E-state index in [9.17, 15) is 0 Å². The molecule has 0 heterocycles. The zero-order valence-corrected chi connectivity index (χ0v) is 10.1. The number of rotatable bonds is 3. The maximum Gasteiger partial charge on any atom is 0.136 e. The largest absolute Gasteiger partial charge is 0.488 e. The van der Waals surface area contributed by atoms with Crippen LogP contribution in [0.15, 0.2) is 33.8 Å². The van der Waals surface area contributed by atoms with Gasteiger partial charge in [0.1, 0.15) is 12.4 Å². The van der Waals surface area contributed by atoms with Crippen LogP contribution in [0.5, 0.6) is 5.75 Å². The average molecular weight is 277 g/mol. The van der Waals surface area contributed by atoms with Gasteiger partial charge in [0.05, 0.1) is 4.47 Å². The van der Waals surface area contributed by atoms with Gasteiger partial charge in [-0.25, -0.2) is 0 Å². The molecule has 0 radical (unpaired) electrons. The number of nitrogens with two attached hydrogens (primary N) is 1. The lowest BCUT2D eigenvalue weighted by Gasteiger charge is -2.09. The van der Waals surface area contributed by atoms with Gasteiger partial charge in [-0.3, -0.25) is 0 Å². The molecule has 1 aromatic rings. The van der Waals surface area contributed by atoms with Gasteiger partial charge in [0.15, 0.2) is 0 Å². The third kappa shape index (κ3) is 2.93. The Bertz CT molecular complexity index is 352. The predicted octanol–water partition coefficient (Wildman–Crippen LogP) is 3.55. The summed E-state index contributed by atoms with van der Waals surface area (Å²) in [6.07, 6.45) is 0. The van der Waals surface area contributed by atoms with Gasteiger partial charge in [-0.05, 0) is 40.6 Å². The van der Waals surface area contributed by atoms with E-state index >= 15 is 0 Å². The highest BCUT2D eigenvalue weighted by Gasteiger charge is 2.03. The van der Waals surface area contributed by atoms with Crippen molar-refractivity contribution >= 4 is 33.2 Å².